The van der Waals surface area contributed by atoms with E-state index in [4.69, 9.17) is 34.2 Å². The van der Waals surface area contributed by atoms with Gasteiger partial charge < -0.3 is 16.0 Å². The van der Waals surface area contributed by atoms with Crippen molar-refractivity contribution < 1.29 is 9.59 Å². The van der Waals surface area contributed by atoms with Crippen molar-refractivity contribution in [1.29, 1.82) is 5.26 Å². The molecule has 3 aromatic rings. The number of carbonyl (C=O) groups is 2. The maximum Gasteiger partial charge on any atom is 0.322 e. The van der Waals surface area contributed by atoms with Crippen molar-refractivity contribution in [2.75, 3.05) is 11.9 Å². The van der Waals surface area contributed by atoms with Crippen molar-refractivity contribution in [2.45, 2.75) is 20.0 Å². The summed E-state index contributed by atoms with van der Waals surface area (Å²) in [7, 11) is 0. The quantitative estimate of drug-likeness (QED) is 0.598. The Morgan fingerprint density at radius 2 is 1.94 bits per heavy atom. The maximum absolute atomic E-state index is 12.9. The summed E-state index contributed by atoms with van der Waals surface area (Å²) in [5, 5.41) is 17.2. The van der Waals surface area contributed by atoms with Crippen molar-refractivity contribution in [3.8, 4) is 17.3 Å². The van der Waals surface area contributed by atoms with Gasteiger partial charge in [-0.05, 0) is 42.8 Å². The molecular formula is C22H18Cl2N6O2. The van der Waals surface area contributed by atoms with Crippen LogP contribution in [-0.4, -0.2) is 33.2 Å². The van der Waals surface area contributed by atoms with Crippen molar-refractivity contribution in [3.05, 3.63) is 68.8 Å². The van der Waals surface area contributed by atoms with Crippen LogP contribution in [-0.2, 0) is 13.1 Å². The predicted molar refractivity (Wildman–Crippen MR) is 122 cm³/mol. The van der Waals surface area contributed by atoms with Crippen molar-refractivity contribution in [1.82, 2.24) is 14.7 Å². The summed E-state index contributed by atoms with van der Waals surface area (Å²) in [6.45, 7) is 2.76. The molecule has 0 aliphatic carbocycles. The summed E-state index contributed by atoms with van der Waals surface area (Å²) < 4.78 is 1.69. The molecule has 0 fully saturated rings. The molecule has 0 spiro atoms. The third-order valence-corrected chi connectivity index (χ3v) is 6.04. The molecule has 10 heteroatoms. The number of carbonyl (C=O) groups excluding carboxylic acids is 2. The van der Waals surface area contributed by atoms with E-state index in [1.165, 1.54) is 0 Å². The molecule has 2 aromatic carbocycles. The Hall–Kier alpha value is -3.54. The molecule has 32 heavy (non-hydrogen) atoms. The van der Waals surface area contributed by atoms with E-state index < -0.39 is 5.91 Å². The van der Waals surface area contributed by atoms with Crippen LogP contribution in [0.1, 0.15) is 27.2 Å². The Bertz CT molecular complexity index is 1290. The summed E-state index contributed by atoms with van der Waals surface area (Å²) in [4.78, 5) is 26.7. The second-order valence-corrected chi connectivity index (χ2v) is 8.19. The van der Waals surface area contributed by atoms with Gasteiger partial charge in [0.2, 0.25) is 0 Å². The number of amides is 3. The van der Waals surface area contributed by atoms with Gasteiger partial charge in [0.05, 0.1) is 46.0 Å². The summed E-state index contributed by atoms with van der Waals surface area (Å²) in [5.74, 6) is -0.641. The van der Waals surface area contributed by atoms with Crippen molar-refractivity contribution >= 4 is 40.8 Å². The number of halogens is 2. The Kier molecular flexibility index (Phi) is 5.78. The normalized spacial score (nSPS) is 12.8. The Balaban J connectivity index is 1.61. The van der Waals surface area contributed by atoms with Gasteiger partial charge in [0.15, 0.2) is 0 Å². The standard InChI is InChI=1S/C22H18Cl2N6O2/c1-12-8-15(4-2-14(12)10-25)27-22(32)29-6-7-30-18(11-29)19(21(26)31)20(28-30)13-3-5-16(23)17(24)9-13/h2-5,8-9H,6-7,11H2,1H3,(H2,26,31)(H,27,32). The highest BCUT2D eigenvalue weighted by Gasteiger charge is 2.30. The lowest BCUT2D eigenvalue weighted by Crippen LogP contribution is -2.41. The number of urea groups is 1. The van der Waals surface area contributed by atoms with Gasteiger partial charge in [-0.3, -0.25) is 9.48 Å². The lowest BCUT2D eigenvalue weighted by atomic mass is 10.0. The number of hydrogen-bond donors (Lipinski definition) is 2. The van der Waals surface area contributed by atoms with Crippen molar-refractivity contribution in [3.63, 3.8) is 0 Å². The lowest BCUT2D eigenvalue weighted by Gasteiger charge is -2.28. The minimum Gasteiger partial charge on any atom is -0.365 e. The van der Waals surface area contributed by atoms with E-state index in [1.54, 1.807) is 52.9 Å². The third kappa shape index (κ3) is 4.00. The number of anilines is 1. The molecule has 0 radical (unpaired) electrons. The van der Waals surface area contributed by atoms with E-state index >= 15 is 0 Å². The molecule has 0 saturated heterocycles. The number of nitriles is 1. The largest absolute Gasteiger partial charge is 0.365 e. The SMILES string of the molecule is Cc1cc(NC(=O)N2CCn3nc(-c4ccc(Cl)c(Cl)c4)c(C(N)=O)c3C2)ccc1C#N. The predicted octanol–water partition coefficient (Wildman–Crippen LogP) is 4.18. The monoisotopic (exact) mass is 468 g/mol. The first-order valence-corrected chi connectivity index (χ1v) is 10.5. The van der Waals surface area contributed by atoms with Gasteiger partial charge in [-0.25, -0.2) is 4.79 Å². The molecule has 2 heterocycles. The number of nitrogens with zero attached hydrogens (tertiary/aromatic N) is 4. The highest BCUT2D eigenvalue weighted by Crippen LogP contribution is 2.32. The van der Waals surface area contributed by atoms with Crippen LogP contribution in [0.4, 0.5) is 10.5 Å². The topological polar surface area (TPSA) is 117 Å². The van der Waals surface area contributed by atoms with Crippen LogP contribution in [0.25, 0.3) is 11.3 Å². The first-order valence-electron chi connectivity index (χ1n) is 9.70. The molecule has 162 valence electrons. The van der Waals surface area contributed by atoms with E-state index in [-0.39, 0.29) is 18.1 Å². The van der Waals surface area contributed by atoms with Crippen LogP contribution >= 0.6 is 23.2 Å². The van der Waals surface area contributed by atoms with Gasteiger partial charge in [0.25, 0.3) is 5.91 Å². The number of fused-ring (bicyclic) bond motifs is 1. The number of rotatable bonds is 3. The molecule has 0 bridgehead atoms. The second-order valence-electron chi connectivity index (χ2n) is 7.38. The van der Waals surface area contributed by atoms with Crippen LogP contribution in [0.3, 0.4) is 0 Å². The molecule has 3 N–H and O–H groups in total. The van der Waals surface area contributed by atoms with Crippen LogP contribution in [0.2, 0.25) is 10.0 Å². The smallest absolute Gasteiger partial charge is 0.322 e. The molecule has 1 aliphatic rings. The number of nitrogens with two attached hydrogens (primary N) is 1. The van der Waals surface area contributed by atoms with Crippen LogP contribution in [0.15, 0.2) is 36.4 Å². The molecule has 1 aromatic heterocycles. The molecule has 4 rings (SSSR count). The molecular weight excluding hydrogens is 451 g/mol. The zero-order valence-corrected chi connectivity index (χ0v) is 18.5. The highest BCUT2D eigenvalue weighted by molar-refractivity contribution is 6.42. The Morgan fingerprint density at radius 3 is 2.59 bits per heavy atom. The van der Waals surface area contributed by atoms with Crippen LogP contribution in [0.5, 0.6) is 0 Å². The minimum absolute atomic E-state index is 0.160. The van der Waals surface area contributed by atoms with E-state index in [0.29, 0.717) is 51.3 Å². The molecule has 0 unspecified atom stereocenters. The zero-order chi connectivity index (χ0) is 23.0. The number of nitrogens with one attached hydrogen (secondary N) is 1. The van der Waals surface area contributed by atoms with Gasteiger partial charge in [-0.2, -0.15) is 10.4 Å². The van der Waals surface area contributed by atoms with Gasteiger partial charge in [0, 0.05) is 17.8 Å². The van der Waals surface area contributed by atoms with E-state index in [9.17, 15) is 9.59 Å². The van der Waals surface area contributed by atoms with Gasteiger partial charge in [-0.15, -0.1) is 0 Å². The number of aromatic nitrogens is 2. The molecule has 0 saturated carbocycles. The number of aryl methyl sites for hydroxylation is 1. The van der Waals surface area contributed by atoms with Crippen LogP contribution < -0.4 is 11.1 Å². The van der Waals surface area contributed by atoms with E-state index in [1.807, 2.05) is 0 Å². The van der Waals surface area contributed by atoms with Gasteiger partial charge >= 0.3 is 6.03 Å². The first-order chi connectivity index (χ1) is 15.3. The Morgan fingerprint density at radius 1 is 1.16 bits per heavy atom. The summed E-state index contributed by atoms with van der Waals surface area (Å²) in [5.41, 5.74) is 9.38. The first kappa shape index (κ1) is 21.7. The summed E-state index contributed by atoms with van der Waals surface area (Å²) in [6, 6.07) is 11.8. The summed E-state index contributed by atoms with van der Waals surface area (Å²) in [6.07, 6.45) is 0. The minimum atomic E-state index is -0.641. The van der Waals surface area contributed by atoms with Gasteiger partial charge in [-0.1, -0.05) is 29.3 Å². The van der Waals surface area contributed by atoms with Crippen molar-refractivity contribution in [2.24, 2.45) is 5.73 Å². The fourth-order valence-electron chi connectivity index (χ4n) is 3.66. The molecule has 3 amide bonds. The van der Waals surface area contributed by atoms with E-state index in [2.05, 4.69) is 16.5 Å². The van der Waals surface area contributed by atoms with Gasteiger partial charge in [0.1, 0.15) is 5.69 Å². The second kappa shape index (κ2) is 8.54. The van der Waals surface area contributed by atoms with Crippen LogP contribution in [0, 0.1) is 18.3 Å². The zero-order valence-electron chi connectivity index (χ0n) is 17.0. The average molecular weight is 469 g/mol. The molecule has 0 atom stereocenters. The maximum atomic E-state index is 12.9. The third-order valence-electron chi connectivity index (χ3n) is 5.30. The number of benzene rings is 2. The number of primary amides is 1. The highest BCUT2D eigenvalue weighted by atomic mass is 35.5. The summed E-state index contributed by atoms with van der Waals surface area (Å²) >= 11 is 12.1. The molecule has 1 aliphatic heterocycles. The average Bonchev–Trinajstić information content (AvgIpc) is 3.14. The number of hydrogen-bond acceptors (Lipinski definition) is 4. The fourth-order valence-corrected chi connectivity index (χ4v) is 3.96. The lowest BCUT2D eigenvalue weighted by molar-refractivity contribution is 0.0997. The fraction of sp³-hybridized carbons (Fsp3) is 0.182. The van der Waals surface area contributed by atoms with E-state index in [0.717, 1.165) is 5.56 Å². The Labute approximate surface area is 194 Å². The molecule has 8 nitrogen and oxygen atoms in total.